The molecule has 0 bridgehead atoms. The lowest BCUT2D eigenvalue weighted by molar-refractivity contribution is 0.151. The number of ether oxygens (including phenoxy) is 1. The fourth-order valence-electron chi connectivity index (χ4n) is 3.56. The molecule has 6 nitrogen and oxygen atoms in total. The monoisotopic (exact) mass is 436 g/mol. The van der Waals surface area contributed by atoms with Crippen LogP contribution < -0.4 is 5.73 Å². The zero-order chi connectivity index (χ0) is 21.8. The number of benzene rings is 1. The fourth-order valence-corrected chi connectivity index (χ4v) is 4.75. The van der Waals surface area contributed by atoms with Gasteiger partial charge in [0.1, 0.15) is 17.2 Å². The number of nitrogen functional groups attached to an aromatic ring is 1. The van der Waals surface area contributed by atoms with Gasteiger partial charge >= 0.3 is 0 Å². The first-order chi connectivity index (χ1) is 14.3. The van der Waals surface area contributed by atoms with E-state index in [0.29, 0.717) is 30.1 Å². The Balaban J connectivity index is 1.68. The number of imidazole rings is 1. The van der Waals surface area contributed by atoms with E-state index in [2.05, 4.69) is 14.5 Å². The zero-order valence-electron chi connectivity index (χ0n) is 17.3. The van der Waals surface area contributed by atoms with Crippen molar-refractivity contribution in [1.29, 1.82) is 0 Å². The second-order valence-electron chi connectivity index (χ2n) is 7.29. The van der Waals surface area contributed by atoms with Gasteiger partial charge in [0.15, 0.2) is 5.82 Å². The topological polar surface area (TPSA) is 83.0 Å². The van der Waals surface area contributed by atoms with Crippen LogP contribution in [0.25, 0.3) is 11.0 Å². The van der Waals surface area contributed by atoms with Gasteiger partial charge in [-0.05, 0) is 44.4 Å². The SMILES string of the molecule is COCC(CCCCS(=O)c1ccc(F)cc1F)n1cnc2c(N)nc(C)c(C)c21. The van der Waals surface area contributed by atoms with E-state index in [0.717, 1.165) is 41.7 Å². The lowest BCUT2D eigenvalue weighted by Gasteiger charge is -2.20. The van der Waals surface area contributed by atoms with Crippen LogP contribution in [-0.2, 0) is 15.5 Å². The van der Waals surface area contributed by atoms with Gasteiger partial charge in [-0.3, -0.25) is 4.21 Å². The molecule has 0 aliphatic heterocycles. The summed E-state index contributed by atoms with van der Waals surface area (Å²) >= 11 is 0. The molecule has 1 aromatic carbocycles. The summed E-state index contributed by atoms with van der Waals surface area (Å²) in [5.41, 5.74) is 9.53. The first kappa shape index (κ1) is 22.3. The molecule has 2 heterocycles. The van der Waals surface area contributed by atoms with Crippen LogP contribution in [-0.4, -0.2) is 38.2 Å². The van der Waals surface area contributed by atoms with Gasteiger partial charge in [-0.2, -0.15) is 0 Å². The highest BCUT2D eigenvalue weighted by molar-refractivity contribution is 7.85. The Bertz CT molecular complexity index is 1070. The number of aryl methyl sites for hydroxylation is 2. The van der Waals surface area contributed by atoms with E-state index in [4.69, 9.17) is 10.5 Å². The van der Waals surface area contributed by atoms with E-state index in [1.54, 1.807) is 13.4 Å². The number of methoxy groups -OCH3 is 1. The number of hydrogen-bond acceptors (Lipinski definition) is 5. The van der Waals surface area contributed by atoms with Crippen LogP contribution in [0.4, 0.5) is 14.6 Å². The van der Waals surface area contributed by atoms with Gasteiger partial charge in [0, 0.05) is 24.6 Å². The van der Waals surface area contributed by atoms with Crippen molar-refractivity contribution in [3.63, 3.8) is 0 Å². The Morgan fingerprint density at radius 3 is 2.73 bits per heavy atom. The van der Waals surface area contributed by atoms with Gasteiger partial charge in [-0.25, -0.2) is 18.7 Å². The number of rotatable bonds is 9. The van der Waals surface area contributed by atoms with Crippen molar-refractivity contribution in [2.45, 2.75) is 44.0 Å². The van der Waals surface area contributed by atoms with E-state index in [-0.39, 0.29) is 10.9 Å². The lowest BCUT2D eigenvalue weighted by atomic mass is 10.1. The number of nitrogens with zero attached hydrogens (tertiary/aromatic N) is 3. The minimum Gasteiger partial charge on any atom is -0.383 e. The first-order valence-electron chi connectivity index (χ1n) is 9.75. The van der Waals surface area contributed by atoms with Gasteiger partial charge in [0.2, 0.25) is 0 Å². The third kappa shape index (κ3) is 4.67. The van der Waals surface area contributed by atoms with Crippen LogP contribution in [0.15, 0.2) is 29.4 Å². The number of halogens is 2. The highest BCUT2D eigenvalue weighted by Crippen LogP contribution is 2.28. The fraction of sp³-hybridized carbons (Fsp3) is 0.429. The minimum absolute atomic E-state index is 0.0240. The Morgan fingerprint density at radius 1 is 1.27 bits per heavy atom. The third-order valence-electron chi connectivity index (χ3n) is 5.23. The predicted octanol–water partition coefficient (Wildman–Crippen LogP) is 4.07. The number of hydrogen-bond donors (Lipinski definition) is 1. The molecule has 0 spiro atoms. The van der Waals surface area contributed by atoms with E-state index < -0.39 is 22.4 Å². The molecule has 9 heteroatoms. The van der Waals surface area contributed by atoms with E-state index in [1.165, 1.54) is 6.07 Å². The minimum atomic E-state index is -1.51. The average Bonchev–Trinajstić information content (AvgIpc) is 3.14. The van der Waals surface area contributed by atoms with E-state index in [9.17, 15) is 13.0 Å². The Hall–Kier alpha value is -2.39. The van der Waals surface area contributed by atoms with Crippen molar-refractivity contribution >= 4 is 27.7 Å². The molecule has 0 saturated heterocycles. The molecule has 2 N–H and O–H groups in total. The molecule has 0 aliphatic carbocycles. The summed E-state index contributed by atoms with van der Waals surface area (Å²) in [5.74, 6) is -0.737. The Labute approximate surface area is 176 Å². The van der Waals surface area contributed by atoms with Crippen LogP contribution in [0.2, 0.25) is 0 Å². The molecule has 30 heavy (non-hydrogen) atoms. The predicted molar refractivity (Wildman–Crippen MR) is 114 cm³/mol. The number of nitrogens with two attached hydrogens (primary N) is 1. The largest absolute Gasteiger partial charge is 0.383 e. The second kappa shape index (κ2) is 9.61. The lowest BCUT2D eigenvalue weighted by Crippen LogP contribution is -2.15. The first-order valence-corrected chi connectivity index (χ1v) is 11.1. The highest BCUT2D eigenvalue weighted by Gasteiger charge is 2.19. The summed E-state index contributed by atoms with van der Waals surface area (Å²) in [6.07, 6.45) is 3.92. The van der Waals surface area contributed by atoms with Crippen LogP contribution in [0.3, 0.4) is 0 Å². The molecular weight excluding hydrogens is 410 g/mol. The summed E-state index contributed by atoms with van der Waals surface area (Å²) in [5, 5.41) is 0. The van der Waals surface area contributed by atoms with Crippen LogP contribution in [0, 0.1) is 25.5 Å². The molecule has 3 aromatic rings. The zero-order valence-corrected chi connectivity index (χ0v) is 18.1. The average molecular weight is 437 g/mol. The molecule has 2 unspecified atom stereocenters. The molecular formula is C21H26F2N4O2S. The van der Waals surface area contributed by atoms with Gasteiger partial charge in [-0.1, -0.05) is 6.42 Å². The molecule has 2 aromatic heterocycles. The smallest absolute Gasteiger partial charge is 0.151 e. The molecule has 162 valence electrons. The van der Waals surface area contributed by atoms with Gasteiger partial charge in [0.05, 0.1) is 40.2 Å². The Morgan fingerprint density at radius 2 is 2.03 bits per heavy atom. The summed E-state index contributed by atoms with van der Waals surface area (Å²) in [6, 6.07) is 3.16. The van der Waals surface area contributed by atoms with Crippen LogP contribution in [0.1, 0.15) is 36.6 Å². The van der Waals surface area contributed by atoms with Crippen molar-refractivity contribution in [2.75, 3.05) is 25.2 Å². The maximum Gasteiger partial charge on any atom is 0.151 e. The third-order valence-corrected chi connectivity index (χ3v) is 6.71. The number of anilines is 1. The maximum absolute atomic E-state index is 13.8. The number of unbranched alkanes of at least 4 members (excludes halogenated alkanes) is 1. The summed E-state index contributed by atoms with van der Waals surface area (Å²) in [4.78, 5) is 8.82. The molecule has 3 rings (SSSR count). The number of fused-ring (bicyclic) bond motifs is 1. The second-order valence-corrected chi connectivity index (χ2v) is 8.82. The maximum atomic E-state index is 13.8. The van der Waals surface area contributed by atoms with Gasteiger partial charge in [0.25, 0.3) is 0 Å². The van der Waals surface area contributed by atoms with Crippen LogP contribution >= 0.6 is 0 Å². The highest BCUT2D eigenvalue weighted by atomic mass is 32.2. The van der Waals surface area contributed by atoms with Crippen LogP contribution in [0.5, 0.6) is 0 Å². The van der Waals surface area contributed by atoms with E-state index >= 15 is 0 Å². The molecule has 0 saturated carbocycles. The Kier molecular flexibility index (Phi) is 7.14. The van der Waals surface area contributed by atoms with Gasteiger partial charge < -0.3 is 15.0 Å². The van der Waals surface area contributed by atoms with Crippen molar-refractivity contribution < 1.29 is 17.7 Å². The van der Waals surface area contributed by atoms with Gasteiger partial charge in [-0.15, -0.1) is 0 Å². The quantitative estimate of drug-likeness (QED) is 0.511. The molecule has 0 fully saturated rings. The van der Waals surface area contributed by atoms with E-state index in [1.807, 2.05) is 13.8 Å². The van der Waals surface area contributed by atoms with Crippen molar-refractivity contribution in [3.8, 4) is 0 Å². The molecule has 0 radical (unpaired) electrons. The van der Waals surface area contributed by atoms with Crippen molar-refractivity contribution in [2.24, 2.45) is 0 Å². The summed E-state index contributed by atoms with van der Waals surface area (Å²) < 4.78 is 46.7. The standard InChI is InChI=1S/C21H26F2N4O2S/c1-13-14(2)26-21(24)19-20(13)27(12-25-19)16(11-29-3)6-4-5-9-30(28)18-8-7-15(22)10-17(18)23/h7-8,10,12,16H,4-6,9,11H2,1-3H3,(H2,24,26). The number of aromatic nitrogens is 3. The molecule has 0 amide bonds. The normalized spacial score (nSPS) is 13.6. The molecule has 2 atom stereocenters. The van der Waals surface area contributed by atoms with Crippen molar-refractivity contribution in [1.82, 2.24) is 14.5 Å². The number of pyridine rings is 1. The summed E-state index contributed by atoms with van der Waals surface area (Å²) in [6.45, 7) is 4.39. The molecule has 0 aliphatic rings. The van der Waals surface area contributed by atoms with Crippen molar-refractivity contribution in [3.05, 3.63) is 47.4 Å². The summed E-state index contributed by atoms with van der Waals surface area (Å²) in [7, 11) is 0.138.